The van der Waals surface area contributed by atoms with Gasteiger partial charge in [-0.3, -0.25) is 9.48 Å². The highest BCUT2D eigenvalue weighted by Gasteiger charge is 2.26. The van der Waals surface area contributed by atoms with Crippen LogP contribution in [0.15, 0.2) is 53.3 Å². The first-order valence-electron chi connectivity index (χ1n) is 10.9. The van der Waals surface area contributed by atoms with E-state index in [1.807, 2.05) is 37.5 Å². The third kappa shape index (κ3) is 4.13. The molecule has 2 N–H and O–H groups in total. The Kier molecular flexibility index (Phi) is 5.45. The molecule has 0 unspecified atom stereocenters. The molecule has 2 atom stereocenters. The van der Waals surface area contributed by atoms with Crippen LogP contribution < -0.4 is 5.32 Å². The molecule has 1 aliphatic rings. The molecular weight excluding hydrogens is 406 g/mol. The lowest BCUT2D eigenvalue weighted by Gasteiger charge is -2.28. The maximum Gasteiger partial charge on any atom is 0.270 e. The second kappa shape index (κ2) is 8.55. The zero-order valence-electron chi connectivity index (χ0n) is 17.9. The lowest BCUT2D eigenvalue weighted by molar-refractivity contribution is 0.0714. The Hall–Kier alpha value is -3.52. The van der Waals surface area contributed by atoms with Crippen LogP contribution >= 0.6 is 0 Å². The molecular formula is C24H25N5O3. The number of carbonyl (C=O) groups is 1. The minimum absolute atomic E-state index is 0.227. The number of aliphatic hydroxyl groups is 1. The van der Waals surface area contributed by atoms with E-state index in [-0.39, 0.29) is 11.9 Å². The van der Waals surface area contributed by atoms with Crippen LogP contribution in [-0.4, -0.2) is 43.1 Å². The molecule has 3 heterocycles. The molecule has 1 saturated carbocycles. The summed E-state index contributed by atoms with van der Waals surface area (Å²) < 4.78 is 7.34. The Bertz CT molecular complexity index is 1240. The van der Waals surface area contributed by atoms with Crippen LogP contribution in [-0.2, 0) is 13.5 Å². The lowest BCUT2D eigenvalue weighted by Crippen LogP contribution is -2.45. The van der Waals surface area contributed by atoms with E-state index < -0.39 is 6.10 Å². The minimum atomic E-state index is -0.502. The molecule has 5 rings (SSSR count). The molecule has 8 nitrogen and oxygen atoms in total. The highest BCUT2D eigenvalue weighted by molar-refractivity contribution is 5.95. The van der Waals surface area contributed by atoms with Crippen LogP contribution in [0.4, 0.5) is 0 Å². The fourth-order valence-electron chi connectivity index (χ4n) is 4.29. The molecule has 0 spiro atoms. The standard InChI is InChI=1S/C24H25N5O3/c1-29-14-21(27-28-29)16-8-6-15(7-9-16)12-17-13-20(25-19-10-11-32-23(17)19)24(31)26-18-4-2-3-5-22(18)30/h6-11,13-14,18,22,30H,2-5,12H2,1H3,(H,26,31)/t18-,22-/m0/s1. The summed E-state index contributed by atoms with van der Waals surface area (Å²) in [6.45, 7) is 0. The first-order chi connectivity index (χ1) is 15.6. The van der Waals surface area contributed by atoms with Gasteiger partial charge < -0.3 is 14.8 Å². The normalized spacial score (nSPS) is 18.7. The SMILES string of the molecule is Cn1cc(-c2ccc(Cc3cc(C(=O)N[C@H]4CCCC[C@@H]4O)nc4ccoc34)cc2)nn1. The number of aliphatic hydroxyl groups excluding tert-OH is 1. The number of hydrogen-bond donors (Lipinski definition) is 2. The van der Waals surface area contributed by atoms with Crippen molar-refractivity contribution in [2.45, 2.75) is 44.2 Å². The monoisotopic (exact) mass is 431 g/mol. The number of aryl methyl sites for hydroxylation is 1. The number of furan rings is 1. The van der Waals surface area contributed by atoms with E-state index in [2.05, 4.69) is 20.6 Å². The van der Waals surface area contributed by atoms with Crippen molar-refractivity contribution in [2.24, 2.45) is 7.05 Å². The molecule has 32 heavy (non-hydrogen) atoms. The highest BCUT2D eigenvalue weighted by atomic mass is 16.3. The van der Waals surface area contributed by atoms with Crippen molar-refractivity contribution < 1.29 is 14.3 Å². The largest absolute Gasteiger partial charge is 0.462 e. The van der Waals surface area contributed by atoms with Crippen molar-refractivity contribution in [1.29, 1.82) is 0 Å². The van der Waals surface area contributed by atoms with E-state index in [0.717, 1.165) is 48.1 Å². The molecule has 1 fully saturated rings. The van der Waals surface area contributed by atoms with Crippen LogP contribution in [0.25, 0.3) is 22.4 Å². The number of carbonyl (C=O) groups excluding carboxylic acids is 1. The summed E-state index contributed by atoms with van der Waals surface area (Å²) in [5.41, 5.74) is 5.44. The molecule has 1 amide bonds. The molecule has 3 aromatic heterocycles. The summed E-state index contributed by atoms with van der Waals surface area (Å²) >= 11 is 0. The van der Waals surface area contributed by atoms with E-state index in [4.69, 9.17) is 4.42 Å². The molecule has 1 aliphatic carbocycles. The third-order valence-corrected chi connectivity index (χ3v) is 6.01. The minimum Gasteiger partial charge on any atom is -0.462 e. The number of hydrogen-bond acceptors (Lipinski definition) is 6. The fraction of sp³-hybridized carbons (Fsp3) is 0.333. The number of benzene rings is 1. The van der Waals surface area contributed by atoms with E-state index in [0.29, 0.717) is 23.2 Å². The number of aromatic nitrogens is 4. The molecule has 4 aromatic rings. The van der Waals surface area contributed by atoms with Gasteiger partial charge in [0.1, 0.15) is 16.9 Å². The van der Waals surface area contributed by atoms with Crippen molar-refractivity contribution in [3.8, 4) is 11.3 Å². The Morgan fingerprint density at radius 2 is 2.03 bits per heavy atom. The quantitative estimate of drug-likeness (QED) is 0.502. The van der Waals surface area contributed by atoms with Gasteiger partial charge in [0, 0.05) is 30.7 Å². The number of rotatable bonds is 5. The Labute approximate surface area is 185 Å². The van der Waals surface area contributed by atoms with Gasteiger partial charge in [0.05, 0.1) is 24.6 Å². The molecule has 0 radical (unpaired) electrons. The van der Waals surface area contributed by atoms with Crippen LogP contribution in [0.5, 0.6) is 0 Å². The summed E-state index contributed by atoms with van der Waals surface area (Å²) in [6.07, 6.45) is 7.06. The van der Waals surface area contributed by atoms with Gasteiger partial charge in [0.25, 0.3) is 5.91 Å². The summed E-state index contributed by atoms with van der Waals surface area (Å²) in [6, 6.07) is 11.4. The lowest BCUT2D eigenvalue weighted by atomic mass is 9.92. The van der Waals surface area contributed by atoms with Gasteiger partial charge in [-0.25, -0.2) is 4.98 Å². The zero-order chi connectivity index (χ0) is 22.1. The summed E-state index contributed by atoms with van der Waals surface area (Å²) in [4.78, 5) is 17.4. The van der Waals surface area contributed by atoms with Crippen molar-refractivity contribution in [1.82, 2.24) is 25.3 Å². The van der Waals surface area contributed by atoms with Crippen LogP contribution in [0.1, 0.15) is 47.3 Å². The number of nitrogens with zero attached hydrogens (tertiary/aromatic N) is 4. The van der Waals surface area contributed by atoms with E-state index in [1.165, 1.54) is 0 Å². The van der Waals surface area contributed by atoms with Gasteiger partial charge in [-0.05, 0) is 24.5 Å². The number of nitrogens with one attached hydrogen (secondary N) is 1. The van der Waals surface area contributed by atoms with E-state index in [1.54, 1.807) is 23.1 Å². The maximum atomic E-state index is 12.9. The molecule has 0 bridgehead atoms. The molecule has 8 heteroatoms. The van der Waals surface area contributed by atoms with Crippen LogP contribution in [0.3, 0.4) is 0 Å². The van der Waals surface area contributed by atoms with E-state index >= 15 is 0 Å². The van der Waals surface area contributed by atoms with Crippen molar-refractivity contribution >= 4 is 17.0 Å². The maximum absolute atomic E-state index is 12.9. The van der Waals surface area contributed by atoms with Crippen molar-refractivity contribution in [2.75, 3.05) is 0 Å². The summed E-state index contributed by atoms with van der Waals surface area (Å²) in [7, 11) is 1.84. The van der Waals surface area contributed by atoms with Crippen LogP contribution in [0, 0.1) is 0 Å². The van der Waals surface area contributed by atoms with Gasteiger partial charge in [-0.15, -0.1) is 5.10 Å². The molecule has 164 valence electrons. The Balaban J connectivity index is 1.39. The van der Waals surface area contributed by atoms with E-state index in [9.17, 15) is 9.90 Å². The summed E-state index contributed by atoms with van der Waals surface area (Å²) in [5, 5.41) is 21.3. The topological polar surface area (TPSA) is 106 Å². The number of fused-ring (bicyclic) bond motifs is 1. The fourth-order valence-corrected chi connectivity index (χ4v) is 4.29. The average Bonchev–Trinajstić information content (AvgIpc) is 3.45. The highest BCUT2D eigenvalue weighted by Crippen LogP contribution is 2.25. The smallest absolute Gasteiger partial charge is 0.270 e. The molecule has 0 saturated heterocycles. The van der Waals surface area contributed by atoms with Crippen molar-refractivity contribution in [3.05, 3.63) is 65.7 Å². The first kappa shape index (κ1) is 20.4. The second-order valence-corrected chi connectivity index (χ2v) is 8.38. The van der Waals surface area contributed by atoms with Crippen LogP contribution in [0.2, 0.25) is 0 Å². The Morgan fingerprint density at radius 1 is 1.22 bits per heavy atom. The van der Waals surface area contributed by atoms with Gasteiger partial charge in [0.2, 0.25) is 0 Å². The Morgan fingerprint density at radius 3 is 2.78 bits per heavy atom. The number of amides is 1. The number of pyridine rings is 1. The van der Waals surface area contributed by atoms with Crippen molar-refractivity contribution in [3.63, 3.8) is 0 Å². The predicted octanol–water partition coefficient (Wildman–Crippen LogP) is 3.25. The third-order valence-electron chi connectivity index (χ3n) is 6.01. The van der Waals surface area contributed by atoms with Gasteiger partial charge in [0.15, 0.2) is 5.58 Å². The van der Waals surface area contributed by atoms with Gasteiger partial charge in [-0.1, -0.05) is 42.3 Å². The summed E-state index contributed by atoms with van der Waals surface area (Å²) in [5.74, 6) is -0.265. The molecule has 1 aromatic carbocycles. The second-order valence-electron chi connectivity index (χ2n) is 8.38. The van der Waals surface area contributed by atoms with Gasteiger partial charge >= 0.3 is 0 Å². The predicted molar refractivity (Wildman–Crippen MR) is 119 cm³/mol. The zero-order valence-corrected chi connectivity index (χ0v) is 17.9. The van der Waals surface area contributed by atoms with Gasteiger partial charge in [-0.2, -0.15) is 0 Å². The molecule has 0 aliphatic heterocycles. The first-order valence-corrected chi connectivity index (χ1v) is 10.9. The average molecular weight is 431 g/mol.